The van der Waals surface area contributed by atoms with Gasteiger partial charge in [0.1, 0.15) is 49.4 Å². The highest BCUT2D eigenvalue weighted by molar-refractivity contribution is 5.57. The second-order valence-corrected chi connectivity index (χ2v) is 12.5. The molecular weight excluding hydrogens is 656 g/mol. The number of rotatable bonds is 12. The van der Waals surface area contributed by atoms with Crippen LogP contribution in [0.5, 0.6) is 23.0 Å². The van der Waals surface area contributed by atoms with Crippen LogP contribution < -0.4 is 0 Å². The fourth-order valence-electron chi connectivity index (χ4n) is 6.47. The molecule has 264 valence electrons. The van der Waals surface area contributed by atoms with E-state index in [-0.39, 0.29) is 102 Å². The Morgan fingerprint density at radius 3 is 0.692 bits per heavy atom. The van der Waals surface area contributed by atoms with Gasteiger partial charge in [0.05, 0.1) is 26.4 Å². The maximum atomic E-state index is 11.8. The van der Waals surface area contributed by atoms with Crippen LogP contribution in [0, 0.1) is 49.4 Å². The van der Waals surface area contributed by atoms with E-state index in [1.807, 2.05) is 48.5 Å². The third kappa shape index (κ3) is 9.28. The fraction of sp³-hybridized carbons (Fsp3) is 0.273. The van der Waals surface area contributed by atoms with E-state index in [0.29, 0.717) is 44.5 Å². The van der Waals surface area contributed by atoms with Crippen LogP contribution in [0.3, 0.4) is 0 Å². The number of benzene rings is 4. The molecule has 52 heavy (non-hydrogen) atoms. The van der Waals surface area contributed by atoms with E-state index >= 15 is 0 Å². The van der Waals surface area contributed by atoms with Crippen LogP contribution in [0.25, 0.3) is 0 Å². The largest absolute Gasteiger partial charge is 0.507 e. The van der Waals surface area contributed by atoms with Gasteiger partial charge in [0.25, 0.3) is 0 Å². The van der Waals surface area contributed by atoms with Crippen LogP contribution in [0.2, 0.25) is 0 Å². The van der Waals surface area contributed by atoms with Crippen LogP contribution in [0.15, 0.2) is 48.5 Å². The van der Waals surface area contributed by atoms with Crippen molar-refractivity contribution < 1.29 is 39.4 Å². The molecule has 0 aromatic heterocycles. The molecule has 4 aromatic carbocycles. The van der Waals surface area contributed by atoms with Crippen molar-refractivity contribution in [3.05, 3.63) is 115 Å². The van der Waals surface area contributed by atoms with E-state index < -0.39 is 0 Å². The van der Waals surface area contributed by atoms with Crippen molar-refractivity contribution in [3.63, 3.8) is 0 Å². The zero-order chi connectivity index (χ0) is 37.0. The van der Waals surface area contributed by atoms with Gasteiger partial charge in [0.2, 0.25) is 0 Å². The summed E-state index contributed by atoms with van der Waals surface area (Å²) in [6, 6.07) is 14.5. The van der Waals surface area contributed by atoms with Gasteiger partial charge in [-0.15, -0.1) is 25.7 Å². The molecule has 0 heterocycles. The molecule has 0 fully saturated rings. The first-order valence-corrected chi connectivity index (χ1v) is 16.6. The summed E-state index contributed by atoms with van der Waals surface area (Å²) in [5.74, 6) is 9.92. The van der Waals surface area contributed by atoms with Crippen molar-refractivity contribution in [2.45, 2.75) is 52.1 Å². The van der Waals surface area contributed by atoms with Crippen LogP contribution >= 0.6 is 0 Å². The summed E-state index contributed by atoms with van der Waals surface area (Å²) in [6.07, 6.45) is 22.2. The average molecular weight is 697 g/mol. The molecule has 0 atom stereocenters. The standard InChI is InChI=1S/C44H40O8/c1-5-9-49-25-29-13-33-21-35-15-30(26-50-10-6-2)17-37(42(35)46)23-39-19-32(28-52-12-8-4)20-40(44(39)48)24-38-18-31(27-51-11-7-3)16-36(43(38)47)22-34(14-29)41(33)45/h1-4,13-20,45-48H,9-12,21-28H2. The Bertz CT molecular complexity index is 1710. The summed E-state index contributed by atoms with van der Waals surface area (Å²) in [7, 11) is 0. The van der Waals surface area contributed by atoms with E-state index in [9.17, 15) is 20.4 Å². The van der Waals surface area contributed by atoms with Crippen molar-refractivity contribution in [3.8, 4) is 72.4 Å². The minimum Gasteiger partial charge on any atom is -0.507 e. The first-order chi connectivity index (χ1) is 25.2. The lowest BCUT2D eigenvalue weighted by Gasteiger charge is -2.20. The monoisotopic (exact) mass is 696 g/mol. The van der Waals surface area contributed by atoms with Crippen molar-refractivity contribution in [2.24, 2.45) is 0 Å². The number of phenols is 4. The quantitative estimate of drug-likeness (QED) is 0.0958. The molecule has 8 nitrogen and oxygen atoms in total. The Balaban J connectivity index is 1.74. The minimum atomic E-state index is 0.0112. The van der Waals surface area contributed by atoms with Gasteiger partial charge in [-0.1, -0.05) is 23.7 Å². The normalized spacial score (nSPS) is 11.9. The molecule has 0 amide bonds. The van der Waals surface area contributed by atoms with Gasteiger partial charge >= 0.3 is 0 Å². The molecule has 8 heteroatoms. The van der Waals surface area contributed by atoms with E-state index in [1.165, 1.54) is 0 Å². The third-order valence-electron chi connectivity index (χ3n) is 8.65. The number of hydrogen-bond donors (Lipinski definition) is 4. The van der Waals surface area contributed by atoms with Gasteiger partial charge in [0.15, 0.2) is 0 Å². The van der Waals surface area contributed by atoms with Gasteiger partial charge in [0, 0.05) is 25.7 Å². The fourth-order valence-corrected chi connectivity index (χ4v) is 6.47. The summed E-state index contributed by atoms with van der Waals surface area (Å²) in [6.45, 7) is 1.13. The van der Waals surface area contributed by atoms with E-state index in [0.717, 1.165) is 22.3 Å². The number of phenolic OH excluding ortho intramolecular Hbond substituents is 4. The minimum absolute atomic E-state index is 0.0112. The van der Waals surface area contributed by atoms with Crippen molar-refractivity contribution in [1.82, 2.24) is 0 Å². The van der Waals surface area contributed by atoms with Crippen LogP contribution in [-0.4, -0.2) is 46.9 Å². The third-order valence-corrected chi connectivity index (χ3v) is 8.65. The van der Waals surface area contributed by atoms with Gasteiger partial charge < -0.3 is 39.4 Å². The van der Waals surface area contributed by atoms with Crippen LogP contribution in [0.1, 0.15) is 66.8 Å². The number of fused-ring (bicyclic) bond motifs is 8. The Labute approximate surface area is 305 Å². The number of terminal acetylenes is 4. The molecule has 0 radical (unpaired) electrons. The predicted octanol–water partition coefficient (Wildman–Crippen LogP) is 5.78. The summed E-state index contributed by atoms with van der Waals surface area (Å²) in [5.41, 5.74) is 7.21. The molecule has 0 saturated heterocycles. The lowest BCUT2D eigenvalue weighted by molar-refractivity contribution is 0.153. The van der Waals surface area contributed by atoms with Gasteiger partial charge in [-0.2, -0.15) is 0 Å². The molecule has 1 aliphatic rings. The second kappa shape index (κ2) is 17.9. The molecule has 4 aromatic rings. The number of aromatic hydroxyl groups is 4. The molecule has 0 saturated carbocycles. The summed E-state index contributed by atoms with van der Waals surface area (Å²) >= 11 is 0. The van der Waals surface area contributed by atoms with Crippen molar-refractivity contribution in [1.29, 1.82) is 0 Å². The molecule has 0 unspecified atom stereocenters. The summed E-state index contributed by atoms with van der Waals surface area (Å²) < 4.78 is 22.6. The van der Waals surface area contributed by atoms with Gasteiger partial charge in [-0.3, -0.25) is 0 Å². The van der Waals surface area contributed by atoms with Gasteiger partial charge in [-0.25, -0.2) is 0 Å². The Kier molecular flexibility index (Phi) is 12.9. The molecule has 4 N–H and O–H groups in total. The smallest absolute Gasteiger partial charge is 0.122 e. The molecule has 8 bridgehead atoms. The summed E-state index contributed by atoms with van der Waals surface area (Å²) in [4.78, 5) is 0. The zero-order valence-corrected chi connectivity index (χ0v) is 28.8. The zero-order valence-electron chi connectivity index (χ0n) is 28.8. The van der Waals surface area contributed by atoms with Crippen molar-refractivity contribution >= 4 is 0 Å². The first-order valence-electron chi connectivity index (χ1n) is 16.6. The maximum Gasteiger partial charge on any atom is 0.122 e. The Morgan fingerprint density at radius 1 is 0.365 bits per heavy atom. The molecule has 0 aliphatic heterocycles. The maximum absolute atomic E-state index is 11.8. The van der Waals surface area contributed by atoms with E-state index in [1.54, 1.807) is 0 Å². The highest BCUT2D eigenvalue weighted by Crippen LogP contribution is 2.39. The van der Waals surface area contributed by atoms with E-state index in [2.05, 4.69) is 23.7 Å². The topological polar surface area (TPSA) is 118 Å². The molecular formula is C44H40O8. The molecule has 1 aliphatic carbocycles. The van der Waals surface area contributed by atoms with Crippen LogP contribution in [-0.2, 0) is 71.1 Å². The number of ether oxygens (including phenoxy) is 4. The van der Waals surface area contributed by atoms with E-state index in [4.69, 9.17) is 44.6 Å². The second-order valence-electron chi connectivity index (χ2n) is 12.5. The van der Waals surface area contributed by atoms with Crippen LogP contribution in [0.4, 0.5) is 0 Å². The summed E-state index contributed by atoms with van der Waals surface area (Å²) in [5, 5.41) is 47.0. The SMILES string of the molecule is C#CCOCc1cc2c(O)c(c1)Cc1cc(COCC#C)cc(c1O)Cc1cc(COCC#C)cc(c1O)Cc1cc(COCC#C)cc(c1O)C2. The predicted molar refractivity (Wildman–Crippen MR) is 198 cm³/mol. The molecule has 5 rings (SSSR count). The first kappa shape index (κ1) is 37.4. The highest BCUT2D eigenvalue weighted by Gasteiger charge is 2.22. The average Bonchev–Trinajstić information content (AvgIpc) is 3.12. The Hall–Kier alpha value is -5.84. The lowest BCUT2D eigenvalue weighted by atomic mass is 9.88. The highest BCUT2D eigenvalue weighted by atomic mass is 16.5. The molecule has 0 spiro atoms. The lowest BCUT2D eigenvalue weighted by Crippen LogP contribution is -2.06. The Morgan fingerprint density at radius 2 is 0.538 bits per heavy atom. The van der Waals surface area contributed by atoms with Crippen molar-refractivity contribution in [2.75, 3.05) is 26.4 Å². The number of hydrogen-bond acceptors (Lipinski definition) is 8. The van der Waals surface area contributed by atoms with Gasteiger partial charge in [-0.05, 0) is 115 Å².